The second kappa shape index (κ2) is 5.31. The van der Waals surface area contributed by atoms with E-state index in [1.54, 1.807) is 22.8 Å². The molecule has 92 valence electrons. The second-order valence-corrected chi connectivity index (χ2v) is 4.06. The van der Waals surface area contributed by atoms with Gasteiger partial charge in [-0.3, -0.25) is 4.79 Å². The lowest BCUT2D eigenvalue weighted by Crippen LogP contribution is -2.36. The third-order valence-corrected chi connectivity index (χ3v) is 2.64. The zero-order chi connectivity index (χ0) is 13.0. The van der Waals surface area contributed by atoms with Crippen molar-refractivity contribution in [3.63, 3.8) is 0 Å². The third kappa shape index (κ3) is 2.85. The van der Waals surface area contributed by atoms with Crippen molar-refractivity contribution in [1.29, 1.82) is 0 Å². The van der Waals surface area contributed by atoms with Crippen molar-refractivity contribution >= 4 is 12.0 Å². The first-order valence-electron chi connectivity index (χ1n) is 5.71. The van der Waals surface area contributed by atoms with Gasteiger partial charge in [0.15, 0.2) is 6.20 Å². The minimum Gasteiger partial charge on any atom is -0.266 e. The van der Waals surface area contributed by atoms with Gasteiger partial charge in [0.25, 0.3) is 12.2 Å². The van der Waals surface area contributed by atoms with Crippen molar-refractivity contribution in [2.24, 2.45) is 7.05 Å². The molecule has 0 spiro atoms. The average molecular weight is 242 g/mol. The zero-order valence-electron chi connectivity index (χ0n) is 10.5. The normalized spacial score (nSPS) is 10.8. The first-order chi connectivity index (χ1) is 8.66. The summed E-state index contributed by atoms with van der Waals surface area (Å²) >= 11 is 0. The van der Waals surface area contributed by atoms with Gasteiger partial charge in [0, 0.05) is 6.08 Å². The van der Waals surface area contributed by atoms with Gasteiger partial charge in [-0.1, -0.05) is 30.3 Å². The Morgan fingerprint density at radius 2 is 2.06 bits per heavy atom. The van der Waals surface area contributed by atoms with Gasteiger partial charge in [-0.2, -0.15) is 5.01 Å². The number of benzene rings is 1. The van der Waals surface area contributed by atoms with Crippen LogP contribution in [0.3, 0.4) is 0 Å². The van der Waals surface area contributed by atoms with E-state index in [1.165, 1.54) is 0 Å². The number of nitrogens with zero attached hydrogens (tertiary/aromatic N) is 3. The number of hydrogen-bond acceptors (Lipinski definition) is 1. The summed E-state index contributed by atoms with van der Waals surface area (Å²) in [7, 11) is 3.65. The summed E-state index contributed by atoms with van der Waals surface area (Å²) in [5.74, 6) is -0.0740. The van der Waals surface area contributed by atoms with Crippen LogP contribution in [0.1, 0.15) is 5.56 Å². The molecule has 0 N–H and O–H groups in total. The summed E-state index contributed by atoms with van der Waals surface area (Å²) in [6, 6.07) is 9.75. The lowest BCUT2D eigenvalue weighted by Gasteiger charge is -2.08. The highest BCUT2D eigenvalue weighted by atomic mass is 16.2. The third-order valence-electron chi connectivity index (χ3n) is 2.64. The molecule has 0 radical (unpaired) electrons. The number of imidazole rings is 1. The Morgan fingerprint density at radius 1 is 1.33 bits per heavy atom. The van der Waals surface area contributed by atoms with Gasteiger partial charge in [-0.15, -0.1) is 4.68 Å². The van der Waals surface area contributed by atoms with Crippen LogP contribution in [-0.4, -0.2) is 17.6 Å². The number of amides is 1. The molecule has 0 bridgehead atoms. The number of likely N-dealkylation sites (N-methyl/N-ethyl adjacent to an activating group) is 1. The number of hydrogen-bond donors (Lipinski definition) is 0. The number of rotatable bonds is 3. The van der Waals surface area contributed by atoms with Crippen LogP contribution >= 0.6 is 0 Å². The van der Waals surface area contributed by atoms with E-state index in [0.29, 0.717) is 0 Å². The molecule has 1 aromatic heterocycles. The highest BCUT2D eigenvalue weighted by Crippen LogP contribution is 2.01. The Morgan fingerprint density at radius 3 is 2.67 bits per heavy atom. The molecule has 1 heterocycles. The van der Waals surface area contributed by atoms with Crippen molar-refractivity contribution in [3.8, 4) is 0 Å². The molecule has 0 saturated heterocycles. The van der Waals surface area contributed by atoms with E-state index in [4.69, 9.17) is 0 Å². The topological polar surface area (TPSA) is 29.1 Å². The number of carbonyl (C=O) groups excluding carboxylic acids is 1. The summed E-state index contributed by atoms with van der Waals surface area (Å²) in [5.41, 5.74) is 1.01. The van der Waals surface area contributed by atoms with Crippen LogP contribution in [0.2, 0.25) is 0 Å². The van der Waals surface area contributed by atoms with Crippen molar-refractivity contribution in [2.75, 3.05) is 12.1 Å². The Labute approximate surface area is 106 Å². The fraction of sp³-hybridized carbons (Fsp3) is 0.143. The Hall–Kier alpha value is -2.36. The molecule has 18 heavy (non-hydrogen) atoms. The Kier molecular flexibility index (Phi) is 3.57. The monoisotopic (exact) mass is 242 g/mol. The quantitative estimate of drug-likeness (QED) is 0.586. The minimum atomic E-state index is -0.0740. The van der Waals surface area contributed by atoms with Gasteiger partial charge in [0.1, 0.15) is 6.20 Å². The van der Waals surface area contributed by atoms with Crippen molar-refractivity contribution in [1.82, 2.24) is 4.68 Å². The lowest BCUT2D eigenvalue weighted by molar-refractivity contribution is -0.671. The SMILES string of the molecule is CN(C(=O)/C=C/c1ccccc1)n1cc[n+](C)c1. The largest absolute Gasteiger partial charge is 0.281 e. The van der Waals surface area contributed by atoms with Gasteiger partial charge >= 0.3 is 0 Å². The van der Waals surface area contributed by atoms with Crippen LogP contribution in [0.4, 0.5) is 0 Å². The standard InChI is InChI=1S/C14H16N3O/c1-15-10-11-17(12-15)16(2)14(18)9-8-13-6-4-3-5-7-13/h3-12H,1-2H3/q+1/b9-8+. The van der Waals surface area contributed by atoms with E-state index >= 15 is 0 Å². The molecule has 0 fully saturated rings. The predicted molar refractivity (Wildman–Crippen MR) is 70.2 cm³/mol. The molecule has 0 saturated carbocycles. The van der Waals surface area contributed by atoms with E-state index < -0.39 is 0 Å². The maximum atomic E-state index is 11.9. The van der Waals surface area contributed by atoms with Crippen LogP contribution in [0, 0.1) is 0 Å². The highest BCUT2D eigenvalue weighted by Gasteiger charge is 2.11. The van der Waals surface area contributed by atoms with Crippen LogP contribution in [0.25, 0.3) is 6.08 Å². The summed E-state index contributed by atoms with van der Waals surface area (Å²) in [5, 5.41) is 1.54. The molecule has 0 aliphatic rings. The van der Waals surface area contributed by atoms with Crippen molar-refractivity contribution < 1.29 is 9.36 Å². The molecule has 0 unspecified atom stereocenters. The van der Waals surface area contributed by atoms with E-state index in [-0.39, 0.29) is 5.91 Å². The second-order valence-electron chi connectivity index (χ2n) is 4.06. The van der Waals surface area contributed by atoms with E-state index in [1.807, 2.05) is 66.7 Å². The average Bonchev–Trinajstić information content (AvgIpc) is 2.83. The Balaban J connectivity index is 2.06. The van der Waals surface area contributed by atoms with E-state index in [2.05, 4.69) is 0 Å². The van der Waals surface area contributed by atoms with Crippen LogP contribution in [0.5, 0.6) is 0 Å². The number of carbonyl (C=O) groups is 1. The fourth-order valence-electron chi connectivity index (χ4n) is 1.57. The zero-order valence-corrected chi connectivity index (χ0v) is 10.5. The summed E-state index contributed by atoms with van der Waals surface area (Å²) < 4.78 is 3.61. The molecule has 0 aliphatic carbocycles. The smallest absolute Gasteiger partial charge is 0.266 e. The highest BCUT2D eigenvalue weighted by molar-refractivity contribution is 5.98. The molecule has 2 rings (SSSR count). The van der Waals surface area contributed by atoms with Gasteiger partial charge < -0.3 is 0 Å². The molecule has 2 aromatic rings. The lowest BCUT2D eigenvalue weighted by atomic mass is 10.2. The van der Waals surface area contributed by atoms with Gasteiger partial charge in [-0.25, -0.2) is 4.57 Å². The molecular weight excluding hydrogens is 226 g/mol. The first-order valence-corrected chi connectivity index (χ1v) is 5.71. The number of aromatic nitrogens is 2. The van der Waals surface area contributed by atoms with Crippen molar-refractivity contribution in [2.45, 2.75) is 0 Å². The van der Waals surface area contributed by atoms with Crippen LogP contribution in [0.15, 0.2) is 55.1 Å². The molecule has 4 heteroatoms. The molecular formula is C14H16N3O+. The van der Waals surface area contributed by atoms with Crippen molar-refractivity contribution in [3.05, 3.63) is 60.7 Å². The molecule has 1 amide bonds. The van der Waals surface area contributed by atoms with E-state index in [9.17, 15) is 4.79 Å². The molecule has 1 aromatic carbocycles. The van der Waals surface area contributed by atoms with Gasteiger partial charge in [-0.05, 0) is 11.6 Å². The maximum absolute atomic E-state index is 11.9. The minimum absolute atomic E-state index is 0.0740. The molecule has 4 nitrogen and oxygen atoms in total. The van der Waals surface area contributed by atoms with Gasteiger partial charge in [0.2, 0.25) is 0 Å². The summed E-state index contributed by atoms with van der Waals surface area (Å²) in [6.45, 7) is 0. The van der Waals surface area contributed by atoms with E-state index in [0.717, 1.165) is 5.56 Å². The Bertz CT molecular complexity index is 557. The molecule has 0 atom stereocenters. The maximum Gasteiger partial charge on any atom is 0.281 e. The van der Waals surface area contributed by atoms with Crippen LogP contribution < -0.4 is 9.58 Å². The van der Waals surface area contributed by atoms with Gasteiger partial charge in [0.05, 0.1) is 14.1 Å². The molecule has 0 aliphatic heterocycles. The number of aryl methyl sites for hydroxylation is 1. The fourth-order valence-corrected chi connectivity index (χ4v) is 1.57. The first kappa shape index (κ1) is 12.1. The predicted octanol–water partition coefficient (Wildman–Crippen LogP) is 1.12. The van der Waals surface area contributed by atoms with Crippen LogP contribution in [-0.2, 0) is 11.8 Å². The summed E-state index contributed by atoms with van der Waals surface area (Å²) in [6.07, 6.45) is 8.91. The summed E-state index contributed by atoms with van der Waals surface area (Å²) in [4.78, 5) is 11.9.